The van der Waals surface area contributed by atoms with Crippen molar-refractivity contribution in [1.29, 1.82) is 0 Å². The third-order valence-electron chi connectivity index (χ3n) is 4.50. The Morgan fingerprint density at radius 1 is 1.04 bits per heavy atom. The van der Waals surface area contributed by atoms with E-state index in [2.05, 4.69) is 13.0 Å². The van der Waals surface area contributed by atoms with Crippen LogP contribution in [0.4, 0.5) is 0 Å². The number of rotatable bonds is 4. The van der Waals surface area contributed by atoms with Crippen LogP contribution >= 0.6 is 0 Å². The summed E-state index contributed by atoms with van der Waals surface area (Å²) in [5, 5.41) is 0. The summed E-state index contributed by atoms with van der Waals surface area (Å²) in [6.07, 6.45) is 3.16. The summed E-state index contributed by atoms with van der Waals surface area (Å²) in [5.41, 5.74) is 3.67. The van der Waals surface area contributed by atoms with Crippen LogP contribution < -0.4 is 9.47 Å². The Balaban J connectivity index is 1.59. The second-order valence-electron chi connectivity index (χ2n) is 6.24. The number of fused-ring (bicyclic) bond motifs is 1. The van der Waals surface area contributed by atoms with Crippen LogP contribution in [0.15, 0.2) is 65.0 Å². The molecule has 1 aliphatic rings. The lowest BCUT2D eigenvalue weighted by Crippen LogP contribution is -2.00. The van der Waals surface area contributed by atoms with Crippen molar-refractivity contribution in [3.63, 3.8) is 0 Å². The Bertz CT molecular complexity index is 997. The van der Waals surface area contributed by atoms with Crippen molar-refractivity contribution in [2.24, 2.45) is 0 Å². The van der Waals surface area contributed by atoms with Crippen molar-refractivity contribution < 1.29 is 18.7 Å². The molecule has 2 aromatic carbocycles. The van der Waals surface area contributed by atoms with Gasteiger partial charge in [0.25, 0.3) is 0 Å². The summed E-state index contributed by atoms with van der Waals surface area (Å²) < 4.78 is 17.0. The van der Waals surface area contributed by atoms with Gasteiger partial charge in [-0.25, -0.2) is 0 Å². The maximum absolute atomic E-state index is 12.5. The van der Waals surface area contributed by atoms with Gasteiger partial charge >= 0.3 is 0 Å². The zero-order valence-electron chi connectivity index (χ0n) is 14.6. The van der Waals surface area contributed by atoms with Gasteiger partial charge in [-0.3, -0.25) is 4.79 Å². The Morgan fingerprint density at radius 2 is 1.88 bits per heavy atom. The normalized spacial score (nSPS) is 14.4. The fraction of sp³-hybridized carbons (Fsp3) is 0.136. The molecule has 26 heavy (non-hydrogen) atoms. The fourth-order valence-electron chi connectivity index (χ4n) is 2.95. The molecule has 0 spiro atoms. The smallest absolute Gasteiger partial charge is 0.232 e. The van der Waals surface area contributed by atoms with Gasteiger partial charge in [0.1, 0.15) is 23.9 Å². The molecule has 0 N–H and O–H groups in total. The highest BCUT2D eigenvalue weighted by Gasteiger charge is 2.30. The number of allylic oxidation sites excluding steroid dienone is 1. The molecule has 0 radical (unpaired) electrons. The maximum atomic E-state index is 12.5. The van der Waals surface area contributed by atoms with Gasteiger partial charge < -0.3 is 13.9 Å². The Kier molecular flexibility index (Phi) is 4.09. The highest BCUT2D eigenvalue weighted by molar-refractivity contribution is 6.14. The standard InChI is InChI=1S/C22H18O4/c1-14-6-3-4-7-16(14)13-25-19-10-9-18-21(23)20(26-22(18)15(19)2)12-17-8-5-11-24-17/h3-12H,13H2,1-2H3/b20-12-. The van der Waals surface area contributed by atoms with E-state index < -0.39 is 0 Å². The summed E-state index contributed by atoms with van der Waals surface area (Å²) >= 11 is 0. The number of ether oxygens (including phenoxy) is 2. The van der Waals surface area contributed by atoms with E-state index in [1.807, 2.05) is 31.2 Å². The molecule has 0 fully saturated rings. The summed E-state index contributed by atoms with van der Waals surface area (Å²) in [7, 11) is 0. The number of ketones is 1. The van der Waals surface area contributed by atoms with Gasteiger partial charge in [0.05, 0.1) is 11.8 Å². The van der Waals surface area contributed by atoms with Crippen LogP contribution in [0.5, 0.6) is 11.5 Å². The van der Waals surface area contributed by atoms with Crippen LogP contribution in [0, 0.1) is 13.8 Å². The topological polar surface area (TPSA) is 48.7 Å². The molecule has 1 aliphatic heterocycles. The monoisotopic (exact) mass is 346 g/mol. The quantitative estimate of drug-likeness (QED) is 0.617. The van der Waals surface area contributed by atoms with Crippen LogP contribution in [0.3, 0.4) is 0 Å². The highest BCUT2D eigenvalue weighted by Crippen LogP contribution is 2.39. The van der Waals surface area contributed by atoms with Crippen LogP contribution in [0.1, 0.15) is 32.8 Å². The summed E-state index contributed by atoms with van der Waals surface area (Å²) in [5.74, 6) is 1.95. The first-order valence-corrected chi connectivity index (χ1v) is 8.42. The number of carbonyl (C=O) groups excluding carboxylic acids is 1. The molecule has 4 heteroatoms. The SMILES string of the molecule is Cc1ccccc1COc1ccc2c(c1C)O/C(=C\c1ccco1)C2=O. The molecule has 0 saturated carbocycles. The Morgan fingerprint density at radius 3 is 2.65 bits per heavy atom. The summed E-state index contributed by atoms with van der Waals surface area (Å²) in [6, 6.07) is 15.2. The fourth-order valence-corrected chi connectivity index (χ4v) is 2.95. The zero-order chi connectivity index (χ0) is 18.1. The van der Waals surface area contributed by atoms with Gasteiger partial charge in [0.15, 0.2) is 5.76 Å². The predicted octanol–water partition coefficient (Wildman–Crippen LogP) is 5.09. The van der Waals surface area contributed by atoms with Crippen molar-refractivity contribution in [2.75, 3.05) is 0 Å². The minimum atomic E-state index is -0.148. The van der Waals surface area contributed by atoms with Crippen molar-refractivity contribution >= 4 is 11.9 Å². The third-order valence-corrected chi connectivity index (χ3v) is 4.50. The third kappa shape index (κ3) is 2.90. The average molecular weight is 346 g/mol. The van der Waals surface area contributed by atoms with E-state index in [1.54, 1.807) is 30.5 Å². The Hall–Kier alpha value is -3.27. The molecule has 2 heterocycles. The molecule has 130 valence electrons. The molecule has 0 amide bonds. The number of aryl methyl sites for hydroxylation is 1. The summed E-state index contributed by atoms with van der Waals surface area (Å²) in [6.45, 7) is 4.42. The van der Waals surface area contributed by atoms with Crippen LogP contribution in [-0.4, -0.2) is 5.78 Å². The minimum Gasteiger partial charge on any atom is -0.488 e. The first kappa shape index (κ1) is 16.2. The lowest BCUT2D eigenvalue weighted by molar-refractivity contribution is 0.101. The molecule has 0 atom stereocenters. The number of benzene rings is 2. The second kappa shape index (κ2) is 6.56. The lowest BCUT2D eigenvalue weighted by atomic mass is 10.1. The van der Waals surface area contributed by atoms with Gasteiger partial charge in [0.2, 0.25) is 5.78 Å². The van der Waals surface area contributed by atoms with E-state index in [-0.39, 0.29) is 11.5 Å². The van der Waals surface area contributed by atoms with Crippen molar-refractivity contribution in [2.45, 2.75) is 20.5 Å². The molecular formula is C22H18O4. The first-order chi connectivity index (χ1) is 12.6. The van der Waals surface area contributed by atoms with E-state index in [1.165, 1.54) is 5.56 Å². The van der Waals surface area contributed by atoms with Crippen molar-refractivity contribution in [1.82, 2.24) is 0 Å². The molecule has 4 nitrogen and oxygen atoms in total. The van der Waals surface area contributed by atoms with Crippen LogP contribution in [0.2, 0.25) is 0 Å². The first-order valence-electron chi connectivity index (χ1n) is 8.42. The molecule has 3 aromatic rings. The van der Waals surface area contributed by atoms with Gasteiger partial charge in [0, 0.05) is 11.6 Å². The van der Waals surface area contributed by atoms with Gasteiger partial charge in [-0.15, -0.1) is 0 Å². The van der Waals surface area contributed by atoms with E-state index in [0.29, 0.717) is 29.4 Å². The van der Waals surface area contributed by atoms with E-state index in [4.69, 9.17) is 13.9 Å². The molecule has 0 bridgehead atoms. The maximum Gasteiger partial charge on any atom is 0.232 e. The minimum absolute atomic E-state index is 0.148. The van der Waals surface area contributed by atoms with Crippen molar-refractivity contribution in [3.05, 3.63) is 88.6 Å². The highest BCUT2D eigenvalue weighted by atomic mass is 16.5. The number of carbonyl (C=O) groups is 1. The predicted molar refractivity (Wildman–Crippen MR) is 98.3 cm³/mol. The van der Waals surface area contributed by atoms with Crippen molar-refractivity contribution in [3.8, 4) is 11.5 Å². The molecule has 1 aromatic heterocycles. The van der Waals surface area contributed by atoms with E-state index in [0.717, 1.165) is 11.1 Å². The lowest BCUT2D eigenvalue weighted by Gasteiger charge is -2.12. The largest absolute Gasteiger partial charge is 0.488 e. The molecule has 0 aliphatic carbocycles. The van der Waals surface area contributed by atoms with Gasteiger partial charge in [-0.05, 0) is 49.2 Å². The van der Waals surface area contributed by atoms with E-state index in [9.17, 15) is 4.79 Å². The molecule has 0 unspecified atom stereocenters. The number of hydrogen-bond acceptors (Lipinski definition) is 4. The number of hydrogen-bond donors (Lipinski definition) is 0. The molecule has 0 saturated heterocycles. The number of Topliss-reactive ketones (excluding diaryl/α,β-unsaturated/α-hetero) is 1. The zero-order valence-corrected chi connectivity index (χ0v) is 14.6. The molecule has 4 rings (SSSR count). The number of furan rings is 1. The van der Waals surface area contributed by atoms with Gasteiger partial charge in [-0.2, -0.15) is 0 Å². The van der Waals surface area contributed by atoms with E-state index >= 15 is 0 Å². The average Bonchev–Trinajstić information content (AvgIpc) is 3.26. The molecular weight excluding hydrogens is 328 g/mol. The van der Waals surface area contributed by atoms with Crippen LogP contribution in [-0.2, 0) is 6.61 Å². The second-order valence-corrected chi connectivity index (χ2v) is 6.24. The van der Waals surface area contributed by atoms with Gasteiger partial charge in [-0.1, -0.05) is 24.3 Å². The Labute approximate surface area is 151 Å². The van der Waals surface area contributed by atoms with Crippen LogP contribution in [0.25, 0.3) is 6.08 Å². The summed E-state index contributed by atoms with van der Waals surface area (Å²) in [4.78, 5) is 12.5.